The van der Waals surface area contributed by atoms with E-state index in [9.17, 15) is 14.7 Å². The maximum Gasteiger partial charge on any atom is 0.340 e. The van der Waals surface area contributed by atoms with E-state index < -0.39 is 11.9 Å². The maximum atomic E-state index is 12.3. The van der Waals surface area contributed by atoms with E-state index in [1.807, 2.05) is 36.0 Å². The summed E-state index contributed by atoms with van der Waals surface area (Å²) in [6.07, 6.45) is 1.88. The van der Waals surface area contributed by atoms with Crippen LogP contribution >= 0.6 is 11.6 Å². The topological polar surface area (TPSA) is 106 Å². The van der Waals surface area contributed by atoms with Crippen LogP contribution in [0.1, 0.15) is 26.3 Å². The number of fused-ring (bicyclic) bond motifs is 2. The third-order valence-corrected chi connectivity index (χ3v) is 6.25. The molecule has 0 saturated heterocycles. The van der Waals surface area contributed by atoms with Crippen molar-refractivity contribution >= 4 is 45.5 Å². The zero-order valence-corrected chi connectivity index (χ0v) is 19.8. The highest BCUT2D eigenvalue weighted by Gasteiger charge is 2.19. The molecule has 0 aliphatic heterocycles. The zero-order valence-electron chi connectivity index (χ0n) is 19.0. The van der Waals surface area contributed by atoms with Crippen molar-refractivity contribution in [3.63, 3.8) is 0 Å². The van der Waals surface area contributed by atoms with Gasteiger partial charge >= 0.3 is 11.9 Å². The lowest BCUT2D eigenvalue weighted by Gasteiger charge is -2.10. The number of halogens is 1. The first-order valence-electron chi connectivity index (χ1n) is 10.6. The summed E-state index contributed by atoms with van der Waals surface area (Å²) in [5.74, 6) is -1.09. The van der Waals surface area contributed by atoms with Crippen molar-refractivity contribution in [3.8, 4) is 22.9 Å². The largest absolute Gasteiger partial charge is 0.478 e. The molecule has 5 aromatic rings. The Morgan fingerprint density at radius 3 is 2.60 bits per heavy atom. The van der Waals surface area contributed by atoms with Crippen molar-refractivity contribution < 1.29 is 24.2 Å². The summed E-state index contributed by atoms with van der Waals surface area (Å²) in [6.45, 7) is 1.72. The number of benzene rings is 3. The van der Waals surface area contributed by atoms with E-state index in [2.05, 4.69) is 9.97 Å². The number of nitrogens with zero attached hydrogens (tertiary/aromatic N) is 2. The van der Waals surface area contributed by atoms with Gasteiger partial charge in [-0.05, 0) is 54.4 Å². The number of imidazole rings is 1. The molecule has 0 unspecified atom stereocenters. The number of rotatable bonds is 5. The van der Waals surface area contributed by atoms with Crippen molar-refractivity contribution in [1.82, 2.24) is 14.5 Å². The minimum absolute atomic E-state index is 0.159. The number of carboxylic acid groups (broad SMARTS) is 1. The van der Waals surface area contributed by atoms with Crippen LogP contribution < -0.4 is 4.74 Å². The molecule has 5 rings (SSSR count). The second-order valence-electron chi connectivity index (χ2n) is 8.12. The Morgan fingerprint density at radius 2 is 1.86 bits per heavy atom. The van der Waals surface area contributed by atoms with Gasteiger partial charge in [-0.2, -0.15) is 4.98 Å². The SMILES string of the molecule is COC(=O)c1ccc(-c2cc3nc(Oc4ccc(C)c(C(=O)O)c4)[nH]c3cc2Cl)c2ccn(C)c12. The lowest BCUT2D eigenvalue weighted by molar-refractivity contribution is 0.0601. The summed E-state index contributed by atoms with van der Waals surface area (Å²) in [6, 6.07) is 14.1. The van der Waals surface area contributed by atoms with Crippen LogP contribution in [0.5, 0.6) is 11.8 Å². The minimum atomic E-state index is -1.03. The molecule has 0 atom stereocenters. The van der Waals surface area contributed by atoms with E-state index >= 15 is 0 Å². The van der Waals surface area contributed by atoms with Crippen molar-refractivity contribution in [2.75, 3.05) is 7.11 Å². The quantitative estimate of drug-likeness (QED) is 0.295. The molecular weight excluding hydrogens is 470 g/mol. The normalized spacial score (nSPS) is 11.2. The van der Waals surface area contributed by atoms with Crippen molar-refractivity contribution in [2.24, 2.45) is 7.05 Å². The van der Waals surface area contributed by atoms with Crippen molar-refractivity contribution in [2.45, 2.75) is 6.92 Å². The Bertz CT molecular complexity index is 1650. The molecular formula is C26H20ClN3O5. The number of methoxy groups -OCH3 is 1. The number of hydrogen-bond acceptors (Lipinski definition) is 5. The monoisotopic (exact) mass is 489 g/mol. The molecule has 2 aromatic heterocycles. The molecule has 0 bridgehead atoms. The van der Waals surface area contributed by atoms with E-state index in [1.165, 1.54) is 13.2 Å². The molecule has 0 aliphatic carbocycles. The van der Waals surface area contributed by atoms with Crippen LogP contribution in [0.25, 0.3) is 33.1 Å². The highest BCUT2D eigenvalue weighted by Crippen LogP contribution is 2.38. The van der Waals surface area contributed by atoms with Gasteiger partial charge in [0, 0.05) is 24.2 Å². The number of aromatic nitrogens is 3. The Hall–Kier alpha value is -4.30. The van der Waals surface area contributed by atoms with Gasteiger partial charge in [0.05, 0.1) is 39.8 Å². The predicted octanol–water partition coefficient (Wildman–Crippen LogP) is 5.96. The lowest BCUT2D eigenvalue weighted by atomic mass is 9.98. The number of hydrogen-bond donors (Lipinski definition) is 2. The Kier molecular flexibility index (Phi) is 5.45. The molecule has 2 N–H and O–H groups in total. The summed E-state index contributed by atoms with van der Waals surface area (Å²) in [7, 11) is 3.22. The molecule has 0 spiro atoms. The molecule has 2 heterocycles. The summed E-state index contributed by atoms with van der Waals surface area (Å²) >= 11 is 6.66. The van der Waals surface area contributed by atoms with Gasteiger partial charge in [-0.25, -0.2) is 9.59 Å². The van der Waals surface area contributed by atoms with Crippen LogP contribution in [0, 0.1) is 6.92 Å². The summed E-state index contributed by atoms with van der Waals surface area (Å²) in [5, 5.41) is 10.7. The maximum absolute atomic E-state index is 12.3. The first-order valence-corrected chi connectivity index (χ1v) is 11.0. The summed E-state index contributed by atoms with van der Waals surface area (Å²) < 4.78 is 12.6. The fraction of sp³-hybridized carbons (Fsp3) is 0.115. The molecule has 3 aromatic carbocycles. The van der Waals surface area contributed by atoms with Gasteiger partial charge in [-0.1, -0.05) is 23.7 Å². The molecule has 9 heteroatoms. The van der Waals surface area contributed by atoms with Crippen LogP contribution in [-0.2, 0) is 11.8 Å². The average molecular weight is 490 g/mol. The molecule has 0 saturated carbocycles. The third-order valence-electron chi connectivity index (χ3n) is 5.93. The van der Waals surface area contributed by atoms with E-state index in [0.717, 1.165) is 22.0 Å². The van der Waals surface area contributed by atoms with Gasteiger partial charge < -0.3 is 24.1 Å². The van der Waals surface area contributed by atoms with E-state index in [0.29, 0.717) is 32.9 Å². The average Bonchev–Trinajstić information content (AvgIpc) is 3.41. The molecule has 8 nitrogen and oxygen atoms in total. The Morgan fingerprint density at radius 1 is 1.06 bits per heavy atom. The molecule has 0 radical (unpaired) electrons. The first-order chi connectivity index (χ1) is 16.8. The Labute approximate surface area is 204 Å². The summed E-state index contributed by atoms with van der Waals surface area (Å²) in [4.78, 5) is 31.3. The van der Waals surface area contributed by atoms with Gasteiger partial charge in [-0.15, -0.1) is 0 Å². The van der Waals surface area contributed by atoms with E-state index in [-0.39, 0.29) is 11.6 Å². The zero-order chi connectivity index (χ0) is 24.9. The number of esters is 1. The number of carbonyl (C=O) groups excluding carboxylic acids is 1. The second-order valence-corrected chi connectivity index (χ2v) is 8.52. The van der Waals surface area contributed by atoms with Crippen LogP contribution in [-0.4, -0.2) is 38.7 Å². The van der Waals surface area contributed by atoms with Crippen LogP contribution in [0.15, 0.2) is 54.7 Å². The molecule has 0 amide bonds. The standard InChI is InChI=1S/C26H20ClN3O5/c1-13-4-5-14(10-18(13)24(31)32)35-26-28-21-11-19(20(27)12-22(21)29-26)15-6-7-17(25(33)34-3)23-16(15)8-9-30(23)2/h4-12H,1-3H3,(H,28,29)(H,31,32). The van der Waals surface area contributed by atoms with E-state index in [4.69, 9.17) is 21.1 Å². The van der Waals surface area contributed by atoms with E-state index in [1.54, 1.807) is 31.2 Å². The van der Waals surface area contributed by atoms with Gasteiger partial charge in [0.25, 0.3) is 6.01 Å². The number of nitrogens with one attached hydrogen (secondary N) is 1. The predicted molar refractivity (Wildman–Crippen MR) is 133 cm³/mol. The highest BCUT2D eigenvalue weighted by molar-refractivity contribution is 6.34. The third kappa shape index (κ3) is 3.87. The molecule has 176 valence electrons. The molecule has 35 heavy (non-hydrogen) atoms. The van der Waals surface area contributed by atoms with Crippen LogP contribution in [0.3, 0.4) is 0 Å². The second kappa shape index (κ2) is 8.48. The number of ether oxygens (including phenoxy) is 2. The molecule has 0 aliphatic rings. The Balaban J connectivity index is 1.57. The highest BCUT2D eigenvalue weighted by atomic mass is 35.5. The minimum Gasteiger partial charge on any atom is -0.478 e. The number of H-pyrrole nitrogens is 1. The summed E-state index contributed by atoms with van der Waals surface area (Å²) in [5.41, 5.74) is 4.86. The number of carboxylic acids is 1. The number of aromatic amines is 1. The number of aryl methyl sites for hydroxylation is 2. The lowest BCUT2D eigenvalue weighted by Crippen LogP contribution is -2.04. The smallest absolute Gasteiger partial charge is 0.340 e. The number of carbonyl (C=O) groups is 2. The van der Waals surface area contributed by atoms with Gasteiger partial charge in [0.15, 0.2) is 0 Å². The fourth-order valence-electron chi connectivity index (χ4n) is 4.20. The number of aromatic carboxylic acids is 1. The first kappa shape index (κ1) is 22.5. The van der Waals surface area contributed by atoms with Gasteiger partial charge in [0.1, 0.15) is 5.75 Å². The fourth-order valence-corrected chi connectivity index (χ4v) is 4.46. The van der Waals surface area contributed by atoms with Crippen molar-refractivity contribution in [3.05, 3.63) is 76.4 Å². The van der Waals surface area contributed by atoms with Crippen LogP contribution in [0.2, 0.25) is 5.02 Å². The molecule has 0 fully saturated rings. The van der Waals surface area contributed by atoms with Crippen LogP contribution in [0.4, 0.5) is 0 Å². The van der Waals surface area contributed by atoms with Gasteiger partial charge in [0.2, 0.25) is 0 Å². The van der Waals surface area contributed by atoms with Gasteiger partial charge in [-0.3, -0.25) is 0 Å². The van der Waals surface area contributed by atoms with Crippen molar-refractivity contribution in [1.29, 1.82) is 0 Å².